The van der Waals surface area contributed by atoms with Crippen molar-refractivity contribution in [1.29, 1.82) is 0 Å². The number of nitrogen functional groups attached to an aromatic ring is 1. The number of nitrogens with zero attached hydrogens (tertiary/aromatic N) is 2. The number of anilines is 1. The molecule has 108 valence electrons. The summed E-state index contributed by atoms with van der Waals surface area (Å²) in [5, 5.41) is 9.85. The van der Waals surface area contributed by atoms with Crippen molar-refractivity contribution in [3.8, 4) is 17.2 Å². The Morgan fingerprint density at radius 2 is 1.80 bits per heavy atom. The average molecular weight is 279 g/mol. The third-order valence-corrected chi connectivity index (χ3v) is 2.94. The number of rotatable bonds is 5. The summed E-state index contributed by atoms with van der Waals surface area (Å²) in [5.74, 6) is 1.49. The quantitative estimate of drug-likeness (QED) is 0.833. The van der Waals surface area contributed by atoms with Gasteiger partial charge in [0, 0.05) is 18.4 Å². The number of benzene rings is 1. The molecule has 0 aliphatic heterocycles. The molecule has 0 saturated heterocycles. The van der Waals surface area contributed by atoms with Gasteiger partial charge in [-0.3, -0.25) is 0 Å². The average Bonchev–Trinajstić information content (AvgIpc) is 2.45. The first-order valence-corrected chi connectivity index (χ1v) is 6.02. The fourth-order valence-corrected chi connectivity index (χ4v) is 2.11. The van der Waals surface area contributed by atoms with Crippen LogP contribution in [0.25, 0.3) is 10.9 Å². The first-order chi connectivity index (χ1) is 9.65. The van der Waals surface area contributed by atoms with Crippen molar-refractivity contribution in [2.75, 3.05) is 33.7 Å². The molecule has 0 aliphatic carbocycles. The predicted molar refractivity (Wildman–Crippen MR) is 74.4 cm³/mol. The molecule has 1 aromatic heterocycles. The van der Waals surface area contributed by atoms with Crippen molar-refractivity contribution in [2.45, 2.75) is 6.42 Å². The summed E-state index contributed by atoms with van der Waals surface area (Å²) in [7, 11) is 4.57. The minimum atomic E-state index is -0.0395. The van der Waals surface area contributed by atoms with E-state index < -0.39 is 0 Å². The molecule has 0 radical (unpaired) electrons. The Kier molecular flexibility index (Phi) is 4.09. The minimum absolute atomic E-state index is 0.0395. The molecule has 7 nitrogen and oxygen atoms in total. The zero-order valence-corrected chi connectivity index (χ0v) is 11.6. The molecule has 0 saturated carbocycles. The van der Waals surface area contributed by atoms with Crippen LogP contribution in [0.2, 0.25) is 0 Å². The molecule has 2 aromatic rings. The van der Waals surface area contributed by atoms with Gasteiger partial charge in [-0.15, -0.1) is 0 Å². The molecular formula is C13H17N3O4. The molecule has 0 atom stereocenters. The molecule has 0 unspecified atom stereocenters. The highest BCUT2D eigenvalue weighted by Gasteiger charge is 2.20. The Balaban J connectivity index is 2.86. The third-order valence-electron chi connectivity index (χ3n) is 2.94. The lowest BCUT2D eigenvalue weighted by Gasteiger charge is -2.15. The molecule has 0 aliphatic rings. The normalized spacial score (nSPS) is 10.6. The number of aromatic nitrogens is 2. The summed E-state index contributed by atoms with van der Waals surface area (Å²) in [5.41, 5.74) is 6.87. The van der Waals surface area contributed by atoms with E-state index in [2.05, 4.69) is 9.97 Å². The molecular weight excluding hydrogens is 262 g/mol. The van der Waals surface area contributed by atoms with Crippen molar-refractivity contribution >= 4 is 16.9 Å². The van der Waals surface area contributed by atoms with Crippen LogP contribution in [-0.4, -0.2) is 43.0 Å². The lowest BCUT2D eigenvalue weighted by molar-refractivity contribution is 0.298. The van der Waals surface area contributed by atoms with Gasteiger partial charge in [0.1, 0.15) is 5.52 Å². The van der Waals surface area contributed by atoms with Crippen LogP contribution in [0.15, 0.2) is 6.07 Å². The predicted octanol–water partition coefficient (Wildman–Crippen LogP) is 0.773. The summed E-state index contributed by atoms with van der Waals surface area (Å²) >= 11 is 0. The Hall–Kier alpha value is -2.28. The topological polar surface area (TPSA) is 99.7 Å². The highest BCUT2D eigenvalue weighted by atomic mass is 16.5. The van der Waals surface area contributed by atoms with Gasteiger partial charge in [-0.25, -0.2) is 9.97 Å². The standard InChI is InChI=1S/C13H17N3O4/c1-18-9-6-7-8(4-5-17)15-13(14)16-10(7)12(20-3)11(9)19-2/h6,17H,4-5H2,1-3H3,(H2,14,15,16). The van der Waals surface area contributed by atoms with E-state index in [0.29, 0.717) is 40.3 Å². The van der Waals surface area contributed by atoms with Crippen LogP contribution in [0.3, 0.4) is 0 Å². The zero-order chi connectivity index (χ0) is 14.7. The second-order valence-electron chi connectivity index (χ2n) is 4.04. The number of hydrogen-bond acceptors (Lipinski definition) is 7. The lowest BCUT2D eigenvalue weighted by atomic mass is 10.1. The van der Waals surface area contributed by atoms with E-state index in [1.807, 2.05) is 0 Å². The lowest BCUT2D eigenvalue weighted by Crippen LogP contribution is -2.05. The molecule has 20 heavy (non-hydrogen) atoms. The van der Waals surface area contributed by atoms with Gasteiger partial charge in [-0.05, 0) is 6.07 Å². The number of ether oxygens (including phenoxy) is 3. The molecule has 0 amide bonds. The zero-order valence-electron chi connectivity index (χ0n) is 11.6. The van der Waals surface area contributed by atoms with E-state index in [4.69, 9.17) is 25.1 Å². The summed E-state index contributed by atoms with van der Waals surface area (Å²) in [4.78, 5) is 8.35. The first-order valence-electron chi connectivity index (χ1n) is 6.02. The molecule has 0 fully saturated rings. The van der Waals surface area contributed by atoms with E-state index in [1.165, 1.54) is 21.3 Å². The highest BCUT2D eigenvalue weighted by molar-refractivity contribution is 5.92. The summed E-state index contributed by atoms with van der Waals surface area (Å²) < 4.78 is 16.0. The summed E-state index contributed by atoms with van der Waals surface area (Å²) in [6.45, 7) is -0.0395. The number of aliphatic hydroxyl groups excluding tert-OH is 1. The SMILES string of the molecule is COc1cc2c(CCO)nc(N)nc2c(OC)c1OC. The van der Waals surface area contributed by atoms with Crippen molar-refractivity contribution < 1.29 is 19.3 Å². The molecule has 0 bridgehead atoms. The molecule has 0 spiro atoms. The van der Waals surface area contributed by atoms with E-state index >= 15 is 0 Å². The first kappa shape index (κ1) is 14.1. The molecule has 7 heteroatoms. The second kappa shape index (κ2) is 5.79. The van der Waals surface area contributed by atoms with Gasteiger partial charge in [-0.2, -0.15) is 0 Å². The van der Waals surface area contributed by atoms with Crippen LogP contribution in [0.1, 0.15) is 5.69 Å². The van der Waals surface area contributed by atoms with Gasteiger partial charge in [0.25, 0.3) is 0 Å². The van der Waals surface area contributed by atoms with Gasteiger partial charge in [-0.1, -0.05) is 0 Å². The summed E-state index contributed by atoms with van der Waals surface area (Å²) in [6, 6.07) is 1.75. The van der Waals surface area contributed by atoms with Crippen LogP contribution < -0.4 is 19.9 Å². The Bertz CT molecular complexity index is 631. The number of nitrogens with two attached hydrogens (primary N) is 1. The maximum Gasteiger partial charge on any atom is 0.220 e. The number of fused-ring (bicyclic) bond motifs is 1. The van der Waals surface area contributed by atoms with Crippen molar-refractivity contribution in [3.63, 3.8) is 0 Å². The van der Waals surface area contributed by atoms with Crippen molar-refractivity contribution in [1.82, 2.24) is 9.97 Å². The van der Waals surface area contributed by atoms with Crippen LogP contribution in [0.4, 0.5) is 5.95 Å². The maximum absolute atomic E-state index is 9.14. The molecule has 2 rings (SSSR count). The van der Waals surface area contributed by atoms with E-state index in [0.717, 1.165) is 0 Å². The van der Waals surface area contributed by atoms with Crippen molar-refractivity contribution in [3.05, 3.63) is 11.8 Å². The van der Waals surface area contributed by atoms with Gasteiger partial charge >= 0.3 is 0 Å². The monoisotopic (exact) mass is 279 g/mol. The summed E-state index contributed by atoms with van der Waals surface area (Å²) in [6.07, 6.45) is 0.363. The van der Waals surface area contributed by atoms with E-state index in [-0.39, 0.29) is 12.6 Å². The molecule has 3 N–H and O–H groups in total. The van der Waals surface area contributed by atoms with Crippen LogP contribution >= 0.6 is 0 Å². The Morgan fingerprint density at radius 1 is 1.10 bits per heavy atom. The molecule has 1 heterocycles. The van der Waals surface area contributed by atoms with Gasteiger partial charge in [0.05, 0.1) is 27.0 Å². The smallest absolute Gasteiger partial charge is 0.220 e. The fourth-order valence-electron chi connectivity index (χ4n) is 2.11. The Labute approximate surface area is 116 Å². The largest absolute Gasteiger partial charge is 0.493 e. The van der Waals surface area contributed by atoms with Crippen LogP contribution in [-0.2, 0) is 6.42 Å². The van der Waals surface area contributed by atoms with Gasteiger partial charge in [0.2, 0.25) is 11.7 Å². The van der Waals surface area contributed by atoms with E-state index in [9.17, 15) is 0 Å². The van der Waals surface area contributed by atoms with E-state index in [1.54, 1.807) is 6.07 Å². The number of aliphatic hydroxyl groups is 1. The molecule has 1 aromatic carbocycles. The highest BCUT2D eigenvalue weighted by Crippen LogP contribution is 2.43. The third kappa shape index (κ3) is 2.27. The maximum atomic E-state index is 9.14. The van der Waals surface area contributed by atoms with Crippen LogP contribution in [0.5, 0.6) is 17.2 Å². The van der Waals surface area contributed by atoms with Crippen molar-refractivity contribution in [2.24, 2.45) is 0 Å². The Morgan fingerprint density at radius 3 is 2.35 bits per heavy atom. The fraction of sp³-hybridized carbons (Fsp3) is 0.385. The van der Waals surface area contributed by atoms with Gasteiger partial charge in [0.15, 0.2) is 11.5 Å². The van der Waals surface area contributed by atoms with Crippen LogP contribution in [0, 0.1) is 0 Å². The number of hydrogen-bond donors (Lipinski definition) is 2. The number of methoxy groups -OCH3 is 3. The second-order valence-corrected chi connectivity index (χ2v) is 4.04. The minimum Gasteiger partial charge on any atom is -0.493 e. The van der Waals surface area contributed by atoms with Gasteiger partial charge < -0.3 is 25.1 Å².